The van der Waals surface area contributed by atoms with Crippen LogP contribution in [0.4, 0.5) is 13.2 Å². The van der Waals surface area contributed by atoms with Gasteiger partial charge in [-0.05, 0) is 48.4 Å². The monoisotopic (exact) mass is 323 g/mol. The van der Waals surface area contributed by atoms with Crippen molar-refractivity contribution in [3.05, 3.63) is 64.7 Å². The van der Waals surface area contributed by atoms with E-state index in [1.165, 1.54) is 19.2 Å². The van der Waals surface area contributed by atoms with Gasteiger partial charge in [0.15, 0.2) is 0 Å². The van der Waals surface area contributed by atoms with Gasteiger partial charge in [-0.15, -0.1) is 0 Å². The standard InChI is InChI=1S/C17H16F3NO2/c1-11-8-13(6-7-15(11)23-2)16(22)21-10-12-4-3-5-14(9-12)17(18,19)20/h3-9H,10H2,1-2H3,(H,21,22). The zero-order valence-corrected chi connectivity index (χ0v) is 12.7. The molecule has 0 fully saturated rings. The fourth-order valence-corrected chi connectivity index (χ4v) is 2.16. The summed E-state index contributed by atoms with van der Waals surface area (Å²) in [5.41, 5.74) is 0.887. The van der Waals surface area contributed by atoms with E-state index < -0.39 is 11.7 Å². The van der Waals surface area contributed by atoms with Gasteiger partial charge in [0, 0.05) is 12.1 Å². The molecule has 0 aliphatic carbocycles. The first-order chi connectivity index (χ1) is 10.8. The zero-order chi connectivity index (χ0) is 17.0. The van der Waals surface area contributed by atoms with Crippen LogP contribution >= 0.6 is 0 Å². The highest BCUT2D eigenvalue weighted by Gasteiger charge is 2.30. The van der Waals surface area contributed by atoms with Crippen LogP contribution in [0.3, 0.4) is 0 Å². The molecule has 0 heterocycles. The lowest BCUT2D eigenvalue weighted by atomic mass is 10.1. The second-order valence-electron chi connectivity index (χ2n) is 5.07. The van der Waals surface area contributed by atoms with E-state index in [4.69, 9.17) is 4.74 Å². The van der Waals surface area contributed by atoms with Crippen molar-refractivity contribution in [2.75, 3.05) is 7.11 Å². The van der Waals surface area contributed by atoms with Crippen LogP contribution in [0.1, 0.15) is 27.0 Å². The summed E-state index contributed by atoms with van der Waals surface area (Å²) in [5.74, 6) is 0.313. The summed E-state index contributed by atoms with van der Waals surface area (Å²) in [6.07, 6.45) is -4.40. The van der Waals surface area contributed by atoms with Crippen LogP contribution in [-0.2, 0) is 12.7 Å². The molecule has 3 nitrogen and oxygen atoms in total. The van der Waals surface area contributed by atoms with Crippen molar-refractivity contribution in [1.29, 1.82) is 0 Å². The van der Waals surface area contributed by atoms with Crippen LogP contribution in [0, 0.1) is 6.92 Å². The number of nitrogens with one attached hydrogen (secondary N) is 1. The molecule has 1 amide bonds. The molecule has 1 N–H and O–H groups in total. The Morgan fingerprint density at radius 2 is 1.91 bits per heavy atom. The van der Waals surface area contributed by atoms with Crippen molar-refractivity contribution in [3.63, 3.8) is 0 Å². The molecule has 2 aromatic rings. The molecule has 2 rings (SSSR count). The molecule has 0 spiro atoms. The van der Waals surface area contributed by atoms with Crippen molar-refractivity contribution >= 4 is 5.91 Å². The molecule has 0 unspecified atom stereocenters. The van der Waals surface area contributed by atoms with Gasteiger partial charge in [-0.25, -0.2) is 0 Å². The summed E-state index contributed by atoms with van der Waals surface area (Å²) in [7, 11) is 1.54. The average Bonchev–Trinajstić information content (AvgIpc) is 2.52. The summed E-state index contributed by atoms with van der Waals surface area (Å²) in [5, 5.41) is 2.61. The molecule has 0 atom stereocenters. The highest BCUT2D eigenvalue weighted by molar-refractivity contribution is 5.94. The van der Waals surface area contributed by atoms with Crippen molar-refractivity contribution in [1.82, 2.24) is 5.32 Å². The molecule has 0 radical (unpaired) electrons. The molecule has 0 aliphatic rings. The van der Waals surface area contributed by atoms with E-state index in [2.05, 4.69) is 5.32 Å². The fourth-order valence-electron chi connectivity index (χ4n) is 2.16. The highest BCUT2D eigenvalue weighted by Crippen LogP contribution is 2.29. The minimum absolute atomic E-state index is 0.0217. The number of amides is 1. The van der Waals surface area contributed by atoms with Gasteiger partial charge in [0.05, 0.1) is 12.7 Å². The number of benzene rings is 2. The number of hydrogen-bond acceptors (Lipinski definition) is 2. The summed E-state index contributed by atoms with van der Waals surface area (Å²) in [4.78, 5) is 12.1. The minimum Gasteiger partial charge on any atom is -0.496 e. The molecular formula is C17H16F3NO2. The SMILES string of the molecule is COc1ccc(C(=O)NCc2cccc(C(F)(F)F)c2)cc1C. The van der Waals surface area contributed by atoms with Gasteiger partial charge < -0.3 is 10.1 Å². The van der Waals surface area contributed by atoms with E-state index in [0.717, 1.165) is 17.7 Å². The van der Waals surface area contributed by atoms with Gasteiger partial charge in [-0.2, -0.15) is 13.2 Å². The largest absolute Gasteiger partial charge is 0.496 e. The van der Waals surface area contributed by atoms with E-state index in [1.807, 2.05) is 6.92 Å². The lowest BCUT2D eigenvalue weighted by Gasteiger charge is -2.10. The Labute approximate surface area is 132 Å². The number of carbonyl (C=O) groups excluding carboxylic acids is 1. The number of rotatable bonds is 4. The third kappa shape index (κ3) is 4.25. The molecule has 6 heteroatoms. The maximum Gasteiger partial charge on any atom is 0.416 e. The van der Waals surface area contributed by atoms with E-state index >= 15 is 0 Å². The first kappa shape index (κ1) is 16.9. The molecule has 0 saturated heterocycles. The number of methoxy groups -OCH3 is 1. The smallest absolute Gasteiger partial charge is 0.416 e. The fraction of sp³-hybridized carbons (Fsp3) is 0.235. The maximum atomic E-state index is 12.6. The summed E-state index contributed by atoms with van der Waals surface area (Å²) in [6, 6.07) is 9.83. The van der Waals surface area contributed by atoms with Crippen molar-refractivity contribution < 1.29 is 22.7 Å². The van der Waals surface area contributed by atoms with Gasteiger partial charge in [0.2, 0.25) is 0 Å². The van der Waals surface area contributed by atoms with E-state index in [1.54, 1.807) is 18.2 Å². The Bertz CT molecular complexity index is 711. The Morgan fingerprint density at radius 3 is 2.52 bits per heavy atom. The summed E-state index contributed by atoms with van der Waals surface area (Å²) >= 11 is 0. The van der Waals surface area contributed by atoms with Crippen LogP contribution in [0.2, 0.25) is 0 Å². The Balaban J connectivity index is 2.06. The Morgan fingerprint density at radius 1 is 1.17 bits per heavy atom. The van der Waals surface area contributed by atoms with Gasteiger partial charge >= 0.3 is 6.18 Å². The zero-order valence-electron chi connectivity index (χ0n) is 12.7. The second kappa shape index (κ2) is 6.73. The number of halogens is 3. The van der Waals surface area contributed by atoms with Crippen molar-refractivity contribution in [3.8, 4) is 5.75 Å². The van der Waals surface area contributed by atoms with Crippen molar-refractivity contribution in [2.45, 2.75) is 19.6 Å². The molecular weight excluding hydrogens is 307 g/mol. The number of ether oxygens (including phenoxy) is 1. The first-order valence-corrected chi connectivity index (χ1v) is 6.90. The average molecular weight is 323 g/mol. The molecule has 0 aliphatic heterocycles. The van der Waals surface area contributed by atoms with E-state index in [9.17, 15) is 18.0 Å². The third-order valence-electron chi connectivity index (χ3n) is 3.36. The topological polar surface area (TPSA) is 38.3 Å². The Hall–Kier alpha value is -2.50. The van der Waals surface area contributed by atoms with E-state index in [0.29, 0.717) is 16.9 Å². The van der Waals surface area contributed by atoms with E-state index in [-0.39, 0.29) is 12.5 Å². The summed E-state index contributed by atoms with van der Waals surface area (Å²) < 4.78 is 43.1. The second-order valence-corrected chi connectivity index (χ2v) is 5.07. The van der Waals surface area contributed by atoms with Gasteiger partial charge in [0.25, 0.3) is 5.91 Å². The molecule has 0 bridgehead atoms. The molecule has 0 aromatic heterocycles. The number of alkyl halides is 3. The third-order valence-corrected chi connectivity index (χ3v) is 3.36. The van der Waals surface area contributed by atoms with Crippen LogP contribution in [0.15, 0.2) is 42.5 Å². The normalized spacial score (nSPS) is 11.2. The number of aryl methyl sites for hydroxylation is 1. The van der Waals surface area contributed by atoms with Crippen molar-refractivity contribution in [2.24, 2.45) is 0 Å². The molecule has 122 valence electrons. The molecule has 0 saturated carbocycles. The number of hydrogen-bond donors (Lipinski definition) is 1. The van der Waals surface area contributed by atoms with Crippen LogP contribution in [-0.4, -0.2) is 13.0 Å². The number of carbonyl (C=O) groups is 1. The molecule has 2 aromatic carbocycles. The van der Waals surface area contributed by atoms with Crippen LogP contribution in [0.5, 0.6) is 5.75 Å². The maximum absolute atomic E-state index is 12.6. The first-order valence-electron chi connectivity index (χ1n) is 6.90. The lowest BCUT2D eigenvalue weighted by Crippen LogP contribution is -2.23. The van der Waals surface area contributed by atoms with Gasteiger partial charge in [-0.1, -0.05) is 12.1 Å². The van der Waals surface area contributed by atoms with Gasteiger partial charge in [0.1, 0.15) is 5.75 Å². The summed E-state index contributed by atoms with van der Waals surface area (Å²) in [6.45, 7) is 1.83. The highest BCUT2D eigenvalue weighted by atomic mass is 19.4. The quantitative estimate of drug-likeness (QED) is 0.925. The van der Waals surface area contributed by atoms with Crippen LogP contribution < -0.4 is 10.1 Å². The molecule has 23 heavy (non-hydrogen) atoms. The Kier molecular flexibility index (Phi) is 4.93. The van der Waals surface area contributed by atoms with Gasteiger partial charge in [-0.3, -0.25) is 4.79 Å². The minimum atomic E-state index is -4.40. The van der Waals surface area contributed by atoms with Crippen LogP contribution in [0.25, 0.3) is 0 Å². The predicted molar refractivity (Wildman–Crippen MR) is 80.3 cm³/mol. The predicted octanol–water partition coefficient (Wildman–Crippen LogP) is 3.95. The lowest BCUT2D eigenvalue weighted by molar-refractivity contribution is -0.137.